The highest BCUT2D eigenvalue weighted by Gasteiger charge is 2.15. The van der Waals surface area contributed by atoms with E-state index >= 15 is 0 Å². The van der Waals surface area contributed by atoms with Gasteiger partial charge >= 0.3 is 0 Å². The Bertz CT molecular complexity index is 427. The SMILES string of the molecule is CCS(=O)(=O)n1c(O)csc1=S. The van der Waals surface area contributed by atoms with E-state index in [1.165, 1.54) is 12.3 Å². The number of aromatic hydroxyl groups is 1. The molecule has 1 rings (SSSR count). The van der Waals surface area contributed by atoms with Gasteiger partial charge in [0.25, 0.3) is 0 Å². The summed E-state index contributed by atoms with van der Waals surface area (Å²) < 4.78 is 23.4. The number of hydrogen-bond donors (Lipinski definition) is 1. The highest BCUT2D eigenvalue weighted by molar-refractivity contribution is 7.90. The largest absolute Gasteiger partial charge is 0.493 e. The maximum absolute atomic E-state index is 11.2. The van der Waals surface area contributed by atoms with Gasteiger partial charge < -0.3 is 5.11 Å². The number of rotatable bonds is 2. The Morgan fingerprint density at radius 3 is 2.67 bits per heavy atom. The van der Waals surface area contributed by atoms with Gasteiger partial charge in [0.2, 0.25) is 15.9 Å². The summed E-state index contributed by atoms with van der Waals surface area (Å²) in [6, 6.07) is 0. The van der Waals surface area contributed by atoms with Gasteiger partial charge in [-0.1, -0.05) is 0 Å². The molecule has 0 saturated carbocycles. The van der Waals surface area contributed by atoms with Gasteiger partial charge in [-0.25, -0.2) is 8.42 Å². The standard InChI is InChI=1S/C5H7NO3S3/c1-2-12(8,9)6-4(7)3-11-5(6)10/h3,7H,2H2,1H3. The zero-order chi connectivity index (χ0) is 9.35. The van der Waals surface area contributed by atoms with Crippen molar-refractivity contribution in [2.75, 3.05) is 5.75 Å². The molecule has 0 saturated heterocycles. The molecule has 1 N–H and O–H groups in total. The molecule has 0 radical (unpaired) electrons. The Morgan fingerprint density at radius 2 is 2.33 bits per heavy atom. The van der Waals surface area contributed by atoms with Crippen molar-refractivity contribution in [1.82, 2.24) is 3.97 Å². The molecule has 0 aromatic carbocycles. The summed E-state index contributed by atoms with van der Waals surface area (Å²) >= 11 is 5.75. The lowest BCUT2D eigenvalue weighted by molar-refractivity contribution is 0.445. The molecule has 12 heavy (non-hydrogen) atoms. The lowest BCUT2D eigenvalue weighted by Gasteiger charge is -2.01. The minimum absolute atomic E-state index is 0.0778. The van der Waals surface area contributed by atoms with E-state index in [-0.39, 0.29) is 15.6 Å². The molecule has 1 aromatic heterocycles. The van der Waals surface area contributed by atoms with E-state index in [0.29, 0.717) is 0 Å². The van der Waals surface area contributed by atoms with Crippen LogP contribution in [0.15, 0.2) is 5.38 Å². The number of nitrogens with zero attached hydrogens (tertiary/aromatic N) is 1. The Hall–Kier alpha value is -0.400. The molecule has 0 atom stereocenters. The zero-order valence-electron chi connectivity index (χ0n) is 6.22. The van der Waals surface area contributed by atoms with Crippen LogP contribution < -0.4 is 0 Å². The average Bonchev–Trinajstić information content (AvgIpc) is 2.31. The fourth-order valence-electron chi connectivity index (χ4n) is 0.678. The lowest BCUT2D eigenvalue weighted by Crippen LogP contribution is -2.13. The zero-order valence-corrected chi connectivity index (χ0v) is 8.67. The van der Waals surface area contributed by atoms with Crippen LogP contribution in [0.3, 0.4) is 0 Å². The van der Waals surface area contributed by atoms with Crippen LogP contribution in [-0.4, -0.2) is 23.2 Å². The van der Waals surface area contributed by atoms with Crippen molar-refractivity contribution >= 4 is 33.6 Å². The predicted octanol–water partition coefficient (Wildman–Crippen LogP) is 1.18. The van der Waals surface area contributed by atoms with Crippen LogP contribution in [0.5, 0.6) is 5.88 Å². The maximum atomic E-state index is 11.2. The van der Waals surface area contributed by atoms with Crippen molar-refractivity contribution in [3.8, 4) is 5.88 Å². The summed E-state index contributed by atoms with van der Waals surface area (Å²) in [5.74, 6) is -0.391. The van der Waals surface area contributed by atoms with Gasteiger partial charge in [0.15, 0.2) is 3.95 Å². The van der Waals surface area contributed by atoms with Crippen LogP contribution in [0.1, 0.15) is 6.92 Å². The summed E-state index contributed by atoms with van der Waals surface area (Å²) in [5, 5.41) is 10.4. The molecule has 0 amide bonds. The molecule has 0 bridgehead atoms. The van der Waals surface area contributed by atoms with E-state index < -0.39 is 10.0 Å². The molecule has 1 heterocycles. The molecule has 1 aromatic rings. The highest BCUT2D eigenvalue weighted by Crippen LogP contribution is 2.19. The summed E-state index contributed by atoms with van der Waals surface area (Å²) in [5.41, 5.74) is 0. The predicted molar refractivity (Wildman–Crippen MR) is 49.7 cm³/mol. The van der Waals surface area contributed by atoms with Crippen LogP contribution in [0.2, 0.25) is 0 Å². The van der Waals surface area contributed by atoms with E-state index in [2.05, 4.69) is 0 Å². The Kier molecular flexibility index (Phi) is 2.55. The number of thiazole rings is 1. The molecular formula is C5H7NO3S3. The summed E-state index contributed by atoms with van der Waals surface area (Å²) in [6.45, 7) is 1.49. The molecule has 0 unspecified atom stereocenters. The van der Waals surface area contributed by atoms with E-state index in [1.807, 2.05) is 0 Å². The van der Waals surface area contributed by atoms with Crippen LogP contribution in [0.4, 0.5) is 0 Å². The minimum atomic E-state index is -3.44. The van der Waals surface area contributed by atoms with Crippen molar-refractivity contribution in [3.63, 3.8) is 0 Å². The molecule has 0 aliphatic rings. The number of aromatic nitrogens is 1. The van der Waals surface area contributed by atoms with Gasteiger partial charge in [0, 0.05) is 0 Å². The first kappa shape index (κ1) is 9.69. The fraction of sp³-hybridized carbons (Fsp3) is 0.400. The van der Waals surface area contributed by atoms with Gasteiger partial charge in [0.05, 0.1) is 11.1 Å². The molecule has 0 aliphatic carbocycles. The first-order chi connectivity index (χ1) is 5.49. The Morgan fingerprint density at radius 1 is 1.75 bits per heavy atom. The van der Waals surface area contributed by atoms with Gasteiger partial charge in [-0.15, -0.1) is 11.3 Å². The van der Waals surface area contributed by atoms with E-state index in [0.717, 1.165) is 15.3 Å². The van der Waals surface area contributed by atoms with Gasteiger partial charge in [0.1, 0.15) is 0 Å². The summed E-state index contributed by atoms with van der Waals surface area (Å²) in [6.07, 6.45) is 0. The first-order valence-corrected chi connectivity index (χ1v) is 6.01. The third-order valence-corrected chi connectivity index (χ3v) is 4.35. The molecule has 0 spiro atoms. The van der Waals surface area contributed by atoms with Gasteiger partial charge in [-0.2, -0.15) is 3.97 Å². The highest BCUT2D eigenvalue weighted by atomic mass is 32.2. The minimum Gasteiger partial charge on any atom is -0.493 e. The third-order valence-electron chi connectivity index (χ3n) is 1.28. The Labute approximate surface area is 79.1 Å². The molecule has 0 aliphatic heterocycles. The second-order valence-electron chi connectivity index (χ2n) is 2.02. The molecule has 0 fully saturated rings. The van der Waals surface area contributed by atoms with Crippen LogP contribution >= 0.6 is 23.6 Å². The van der Waals surface area contributed by atoms with E-state index in [9.17, 15) is 8.42 Å². The average molecular weight is 225 g/mol. The van der Waals surface area contributed by atoms with Crippen molar-refractivity contribution in [2.45, 2.75) is 6.92 Å². The second kappa shape index (κ2) is 3.15. The molecular weight excluding hydrogens is 218 g/mol. The van der Waals surface area contributed by atoms with E-state index in [4.69, 9.17) is 17.3 Å². The van der Waals surface area contributed by atoms with Crippen LogP contribution in [-0.2, 0) is 10.0 Å². The molecule has 68 valence electrons. The second-order valence-corrected chi connectivity index (χ2v) is 5.63. The monoisotopic (exact) mass is 225 g/mol. The topological polar surface area (TPSA) is 59.3 Å². The van der Waals surface area contributed by atoms with Crippen molar-refractivity contribution in [3.05, 3.63) is 9.33 Å². The Balaban J connectivity index is 3.48. The molecule has 7 heteroatoms. The summed E-state index contributed by atoms with van der Waals surface area (Å²) in [7, 11) is -3.44. The van der Waals surface area contributed by atoms with Crippen molar-refractivity contribution in [2.24, 2.45) is 0 Å². The van der Waals surface area contributed by atoms with Gasteiger partial charge in [-0.05, 0) is 19.1 Å². The van der Waals surface area contributed by atoms with Crippen molar-refractivity contribution in [1.29, 1.82) is 0 Å². The quantitative estimate of drug-likeness (QED) is 0.768. The van der Waals surface area contributed by atoms with Crippen molar-refractivity contribution < 1.29 is 13.5 Å². The van der Waals surface area contributed by atoms with Crippen LogP contribution in [0, 0.1) is 3.95 Å². The van der Waals surface area contributed by atoms with E-state index in [1.54, 1.807) is 0 Å². The third kappa shape index (κ3) is 1.52. The number of hydrogen-bond acceptors (Lipinski definition) is 5. The van der Waals surface area contributed by atoms with Crippen LogP contribution in [0.25, 0.3) is 0 Å². The summed E-state index contributed by atoms with van der Waals surface area (Å²) in [4.78, 5) is 0. The first-order valence-electron chi connectivity index (χ1n) is 3.12. The molecule has 4 nitrogen and oxygen atoms in total. The maximum Gasteiger partial charge on any atom is 0.242 e. The lowest BCUT2D eigenvalue weighted by atomic mass is 10.9. The van der Waals surface area contributed by atoms with Gasteiger partial charge in [-0.3, -0.25) is 0 Å². The fourth-order valence-corrected chi connectivity index (χ4v) is 3.12. The normalized spacial score (nSPS) is 11.8. The smallest absolute Gasteiger partial charge is 0.242 e.